The second-order valence-electron chi connectivity index (χ2n) is 12.4. The number of para-hydroxylation sites is 3. The van der Waals surface area contributed by atoms with E-state index >= 15 is 4.11 Å². The van der Waals surface area contributed by atoms with E-state index in [0.29, 0.717) is 64.8 Å². The summed E-state index contributed by atoms with van der Waals surface area (Å²) < 4.78 is 30.7. The van der Waals surface area contributed by atoms with Crippen LogP contribution >= 0.6 is 0 Å². The number of aromatic nitrogens is 3. The van der Waals surface area contributed by atoms with Crippen LogP contribution in [-0.4, -0.2) is 53.0 Å². The Morgan fingerprint density at radius 2 is 1.82 bits per heavy atom. The molecule has 3 aromatic carbocycles. The number of ether oxygens (including phenoxy) is 2. The Bertz CT molecular complexity index is 1810. The normalized spacial score (nSPS) is 23.8. The van der Waals surface area contributed by atoms with Crippen LogP contribution in [0.4, 0.5) is 21.2 Å². The molecule has 1 saturated heterocycles. The van der Waals surface area contributed by atoms with Crippen LogP contribution in [0.2, 0.25) is 18.6 Å². The smallest absolute Gasteiger partial charge is 0.266 e. The molecule has 7 rings (SSSR count). The lowest BCUT2D eigenvalue weighted by Crippen LogP contribution is -2.42. The van der Waals surface area contributed by atoms with Crippen LogP contribution in [0.3, 0.4) is 0 Å². The Kier molecular flexibility index (Phi) is 7.10. The second kappa shape index (κ2) is 10.9. The van der Waals surface area contributed by atoms with Crippen molar-refractivity contribution >= 4 is 37.3 Å². The number of aliphatic hydroxyl groups is 1. The Morgan fingerprint density at radius 1 is 1.07 bits per heavy atom. The summed E-state index contributed by atoms with van der Waals surface area (Å²) in [4.78, 5) is 29.6. The van der Waals surface area contributed by atoms with E-state index in [1.807, 2.05) is 43.3 Å². The van der Waals surface area contributed by atoms with Crippen molar-refractivity contribution in [3.05, 3.63) is 89.7 Å². The molecule has 4 atom stereocenters. The fraction of sp³-hybridized carbons (Fsp3) is 0.333. The summed E-state index contributed by atoms with van der Waals surface area (Å²) in [5.41, 5.74) is 1.40. The van der Waals surface area contributed by atoms with E-state index in [4.69, 9.17) is 9.47 Å². The van der Waals surface area contributed by atoms with Gasteiger partial charge in [-0.1, -0.05) is 36.4 Å². The first kappa shape index (κ1) is 29.3. The van der Waals surface area contributed by atoms with E-state index in [9.17, 15) is 14.7 Å². The first-order valence-electron chi connectivity index (χ1n) is 15.1. The third-order valence-electron chi connectivity index (χ3n) is 9.20. The summed E-state index contributed by atoms with van der Waals surface area (Å²) in [5, 5.41) is 20.4. The largest absolute Gasteiger partial charge is 0.454 e. The topological polar surface area (TPSA) is 119 Å². The zero-order valence-corrected chi connectivity index (χ0v) is 26.2. The molecule has 3 aliphatic rings. The average molecular weight is 628 g/mol. The van der Waals surface area contributed by atoms with Crippen molar-refractivity contribution in [2.45, 2.75) is 56.7 Å². The fourth-order valence-electron chi connectivity index (χ4n) is 7.27. The van der Waals surface area contributed by atoms with Gasteiger partial charge in [0.2, 0.25) is 8.41 Å². The van der Waals surface area contributed by atoms with Crippen molar-refractivity contribution in [3.63, 3.8) is 0 Å². The van der Waals surface area contributed by atoms with E-state index in [-0.39, 0.29) is 18.4 Å². The number of benzene rings is 3. The van der Waals surface area contributed by atoms with E-state index < -0.39 is 31.6 Å². The molecule has 0 aliphatic carbocycles. The highest BCUT2D eigenvalue weighted by molar-refractivity contribution is 6.72. The molecule has 1 spiro atoms. The lowest BCUT2D eigenvalue weighted by atomic mass is 9.82. The van der Waals surface area contributed by atoms with Gasteiger partial charge in [0.1, 0.15) is 5.75 Å². The molecule has 0 saturated carbocycles. The molecule has 4 aromatic rings. The van der Waals surface area contributed by atoms with E-state index in [1.165, 1.54) is 0 Å². The molecule has 0 unspecified atom stereocenters. The molecule has 0 bridgehead atoms. The van der Waals surface area contributed by atoms with Crippen LogP contribution in [0.25, 0.3) is 0 Å². The number of nitrogens with one attached hydrogen (secondary N) is 1. The fourth-order valence-corrected chi connectivity index (χ4v) is 9.81. The highest BCUT2D eigenvalue weighted by Gasteiger charge is 2.65. The maximum Gasteiger partial charge on any atom is 0.266 e. The minimum Gasteiger partial charge on any atom is -0.454 e. The Hall–Kier alpha value is -4.39. The highest BCUT2D eigenvalue weighted by atomic mass is 28.4. The molecule has 2 amide bonds. The van der Waals surface area contributed by atoms with Crippen molar-refractivity contribution in [1.82, 2.24) is 15.0 Å². The first-order chi connectivity index (χ1) is 21.6. The third-order valence-corrected chi connectivity index (χ3v) is 11.7. The lowest BCUT2D eigenvalue weighted by Gasteiger charge is -2.31. The van der Waals surface area contributed by atoms with Gasteiger partial charge < -0.3 is 24.0 Å². The zero-order chi connectivity index (χ0) is 31.5. The molecule has 232 valence electrons. The molecular formula is C33H34FN5O5Si. The van der Waals surface area contributed by atoms with Gasteiger partial charge in [-0.3, -0.25) is 19.2 Å². The van der Waals surface area contributed by atoms with E-state index in [2.05, 4.69) is 15.6 Å². The molecule has 4 heterocycles. The number of nitrogens with zero attached hydrogens (tertiary/aromatic N) is 4. The average Bonchev–Trinajstić information content (AvgIpc) is 3.64. The molecule has 10 nitrogen and oxygen atoms in total. The molecule has 45 heavy (non-hydrogen) atoms. The number of hydrogen-bond acceptors (Lipinski definition) is 7. The van der Waals surface area contributed by atoms with Gasteiger partial charge in [-0.25, -0.2) is 0 Å². The van der Waals surface area contributed by atoms with Gasteiger partial charge >= 0.3 is 0 Å². The molecular weight excluding hydrogens is 593 g/mol. The standard InChI is InChI=1S/C33H34FN5O5Si/c1-20-30(45(2,3)34)29(14-16-38-19-21(15-17-40)36-37-38)44-33(20)24-18-22(12-13-25(24)35-32(33)42)39-26-9-5-7-11-28(26)43-27-10-6-4-8-23(27)31(39)41/h4-13,18-20,29-30,40H,14-17H2,1-3H3,(H,35,42)/t20-,29+,30-,33+/m0/s1. The monoisotopic (exact) mass is 627 g/mol. The number of halogens is 1. The summed E-state index contributed by atoms with van der Waals surface area (Å²) >= 11 is 0. The van der Waals surface area contributed by atoms with Gasteiger partial charge in [-0.15, -0.1) is 5.10 Å². The van der Waals surface area contributed by atoms with Crippen molar-refractivity contribution in [3.8, 4) is 11.5 Å². The summed E-state index contributed by atoms with van der Waals surface area (Å²) in [6, 6.07) is 19.8. The number of carbonyl (C=O) groups excluding carboxylic acids is 2. The predicted octanol–water partition coefficient (Wildman–Crippen LogP) is 5.71. The van der Waals surface area contributed by atoms with E-state index in [1.54, 1.807) is 59.2 Å². The first-order valence-corrected chi connectivity index (χ1v) is 18.1. The number of anilines is 3. The van der Waals surface area contributed by atoms with Gasteiger partial charge in [0, 0.05) is 54.2 Å². The van der Waals surface area contributed by atoms with Gasteiger partial charge in [-0.05, 0) is 62.0 Å². The summed E-state index contributed by atoms with van der Waals surface area (Å²) in [5.74, 6) is -0.121. The molecule has 2 N–H and O–H groups in total. The summed E-state index contributed by atoms with van der Waals surface area (Å²) in [7, 11) is -3.36. The lowest BCUT2D eigenvalue weighted by molar-refractivity contribution is -0.143. The van der Waals surface area contributed by atoms with Crippen molar-refractivity contribution in [2.24, 2.45) is 5.92 Å². The molecule has 1 aromatic heterocycles. The zero-order valence-electron chi connectivity index (χ0n) is 25.2. The molecule has 0 radical (unpaired) electrons. The second-order valence-corrected chi connectivity index (χ2v) is 16.2. The SMILES string of the molecule is C[C@H]1[C@H]([Si](C)(C)F)[C@@H](CCn2cc(CCO)nn2)O[C@]12C(=O)Nc1ccc(N3C(=O)c4ccccc4Oc4ccccc43)cc12. The van der Waals surface area contributed by atoms with Crippen LogP contribution in [0.15, 0.2) is 72.9 Å². The number of aliphatic hydroxyl groups excluding tert-OH is 1. The van der Waals surface area contributed by atoms with Gasteiger partial charge in [-0.2, -0.15) is 0 Å². The Labute approximate surface area is 260 Å². The number of rotatable bonds is 7. The number of aryl methyl sites for hydroxylation is 1. The number of fused-ring (bicyclic) bond motifs is 4. The quantitative estimate of drug-likeness (QED) is 0.199. The predicted molar refractivity (Wildman–Crippen MR) is 168 cm³/mol. The molecule has 1 fully saturated rings. The van der Waals surface area contributed by atoms with Crippen molar-refractivity contribution in [1.29, 1.82) is 0 Å². The van der Waals surface area contributed by atoms with Crippen LogP contribution in [-0.2, 0) is 28.1 Å². The number of carbonyl (C=O) groups is 2. The summed E-state index contributed by atoms with van der Waals surface area (Å²) in [6.45, 7) is 5.60. The van der Waals surface area contributed by atoms with Gasteiger partial charge in [0.05, 0.1) is 23.0 Å². The van der Waals surface area contributed by atoms with Crippen LogP contribution < -0.4 is 15.0 Å². The van der Waals surface area contributed by atoms with Crippen LogP contribution in [0.1, 0.15) is 35.0 Å². The Balaban J connectivity index is 1.29. The minimum absolute atomic E-state index is 0.0289. The minimum atomic E-state index is -3.36. The molecule has 12 heteroatoms. The van der Waals surface area contributed by atoms with Crippen LogP contribution in [0.5, 0.6) is 11.5 Å². The van der Waals surface area contributed by atoms with Gasteiger partial charge in [0.15, 0.2) is 11.4 Å². The van der Waals surface area contributed by atoms with Crippen molar-refractivity contribution in [2.75, 3.05) is 16.8 Å². The van der Waals surface area contributed by atoms with Crippen molar-refractivity contribution < 1.29 is 28.3 Å². The molecule has 3 aliphatic heterocycles. The maximum absolute atomic E-state index is 16.1. The van der Waals surface area contributed by atoms with E-state index in [0.717, 1.165) is 0 Å². The maximum atomic E-state index is 16.1. The third kappa shape index (κ3) is 4.75. The number of amides is 2. The summed E-state index contributed by atoms with van der Waals surface area (Å²) in [6.07, 6.45) is 2.03. The highest BCUT2D eigenvalue weighted by Crippen LogP contribution is 2.59. The van der Waals surface area contributed by atoms with Crippen LogP contribution in [0, 0.1) is 5.92 Å². The Morgan fingerprint density at radius 3 is 2.60 bits per heavy atom. The number of hydrogen-bond donors (Lipinski definition) is 2. The van der Waals surface area contributed by atoms with Gasteiger partial charge in [0.25, 0.3) is 11.8 Å².